The highest BCUT2D eigenvalue weighted by Gasteiger charge is 2.39. The number of hydrogen-bond donors (Lipinski definition) is 0. The van der Waals surface area contributed by atoms with Gasteiger partial charge in [0.2, 0.25) is 0 Å². The number of rotatable bonds is 4. The number of carbonyl (C=O) groups excluding carboxylic acids is 2. The first-order chi connectivity index (χ1) is 13.2. The Bertz CT molecular complexity index is 971. The molecule has 0 N–H and O–H groups in total. The van der Waals surface area contributed by atoms with Crippen LogP contribution in [0.25, 0.3) is 5.57 Å². The van der Waals surface area contributed by atoms with Gasteiger partial charge in [0, 0.05) is 0 Å². The lowest BCUT2D eigenvalue weighted by Crippen LogP contribution is -2.31. The summed E-state index contributed by atoms with van der Waals surface area (Å²) < 4.78 is 10.5. The number of ether oxygens (including phenoxy) is 2. The van der Waals surface area contributed by atoms with Gasteiger partial charge in [0.15, 0.2) is 11.5 Å². The predicted molar refractivity (Wildman–Crippen MR) is 110 cm³/mol. The van der Waals surface area contributed by atoms with E-state index in [1.165, 1.54) is 14.2 Å². The lowest BCUT2D eigenvalue weighted by molar-refractivity contribution is -0.119. The second-order valence-electron chi connectivity index (χ2n) is 7.50. The molecule has 0 saturated heterocycles. The van der Waals surface area contributed by atoms with Gasteiger partial charge in [-0.25, -0.2) is 4.90 Å². The van der Waals surface area contributed by atoms with Crippen molar-refractivity contribution in [3.63, 3.8) is 0 Å². The summed E-state index contributed by atoms with van der Waals surface area (Å²) in [6.07, 6.45) is 0. The van der Waals surface area contributed by atoms with Crippen LogP contribution < -0.4 is 14.4 Å². The Morgan fingerprint density at radius 1 is 0.857 bits per heavy atom. The molecule has 0 atom stereocenters. The molecule has 0 bridgehead atoms. The third-order valence-corrected chi connectivity index (χ3v) is 5.04. The van der Waals surface area contributed by atoms with Gasteiger partial charge in [-0.3, -0.25) is 9.59 Å². The highest BCUT2D eigenvalue weighted by Crippen LogP contribution is 2.38. The van der Waals surface area contributed by atoms with Crippen LogP contribution in [-0.4, -0.2) is 26.0 Å². The summed E-state index contributed by atoms with van der Waals surface area (Å²) in [5.41, 5.74) is 2.20. The molecule has 1 heterocycles. The summed E-state index contributed by atoms with van der Waals surface area (Å²) in [6.45, 7) is 6.30. The molecule has 2 amide bonds. The first-order valence-corrected chi connectivity index (χ1v) is 9.18. The zero-order valence-electron chi connectivity index (χ0n) is 16.5. The topological polar surface area (TPSA) is 55.8 Å². The molecular formula is C22H22ClNO4. The molecule has 5 nitrogen and oxygen atoms in total. The first-order valence-electron chi connectivity index (χ1n) is 8.80. The molecule has 2 aromatic carbocycles. The molecule has 0 fully saturated rings. The van der Waals surface area contributed by atoms with Crippen molar-refractivity contribution in [2.45, 2.75) is 26.2 Å². The summed E-state index contributed by atoms with van der Waals surface area (Å²) in [5, 5.41) is -0.114. The van der Waals surface area contributed by atoms with Crippen LogP contribution in [0.3, 0.4) is 0 Å². The highest BCUT2D eigenvalue weighted by atomic mass is 35.5. The van der Waals surface area contributed by atoms with Crippen LogP contribution in [0.2, 0.25) is 0 Å². The standard InChI is InChI=1S/C22H22ClNO4/c1-22(2,3)14-7-9-15(10-8-14)24-20(25)18(19(23)21(24)26)13-6-11-16(27-4)17(12-13)28-5/h6-12H,1-5H3. The van der Waals surface area contributed by atoms with E-state index in [1.807, 2.05) is 12.1 Å². The fourth-order valence-electron chi connectivity index (χ4n) is 3.09. The Labute approximate surface area is 169 Å². The van der Waals surface area contributed by atoms with Gasteiger partial charge in [0.05, 0.1) is 25.5 Å². The van der Waals surface area contributed by atoms with E-state index in [1.54, 1.807) is 30.3 Å². The van der Waals surface area contributed by atoms with Gasteiger partial charge in [-0.15, -0.1) is 0 Å². The molecule has 0 aliphatic carbocycles. The van der Waals surface area contributed by atoms with Crippen molar-refractivity contribution in [2.24, 2.45) is 0 Å². The maximum absolute atomic E-state index is 13.1. The quantitative estimate of drug-likeness (QED) is 0.709. The normalized spacial score (nSPS) is 14.7. The monoisotopic (exact) mass is 399 g/mol. The van der Waals surface area contributed by atoms with E-state index < -0.39 is 11.8 Å². The van der Waals surface area contributed by atoms with Gasteiger partial charge in [-0.2, -0.15) is 0 Å². The number of carbonyl (C=O) groups is 2. The third kappa shape index (κ3) is 3.38. The van der Waals surface area contributed by atoms with Crippen LogP contribution in [0, 0.1) is 0 Å². The Morgan fingerprint density at radius 2 is 1.46 bits per heavy atom. The fourth-order valence-corrected chi connectivity index (χ4v) is 3.36. The van der Waals surface area contributed by atoms with Gasteiger partial charge in [0.25, 0.3) is 11.8 Å². The highest BCUT2D eigenvalue weighted by molar-refractivity contribution is 6.60. The average molecular weight is 400 g/mol. The lowest BCUT2D eigenvalue weighted by Gasteiger charge is -2.21. The molecule has 0 unspecified atom stereocenters. The molecule has 3 rings (SSSR count). The largest absolute Gasteiger partial charge is 0.493 e. The number of imide groups is 1. The molecule has 0 spiro atoms. The summed E-state index contributed by atoms with van der Waals surface area (Å²) in [7, 11) is 3.03. The molecule has 0 aromatic heterocycles. The van der Waals surface area contributed by atoms with Gasteiger partial charge in [-0.05, 0) is 40.8 Å². The average Bonchev–Trinajstić information content (AvgIpc) is 2.89. The minimum atomic E-state index is -0.542. The molecule has 0 saturated carbocycles. The number of benzene rings is 2. The molecule has 0 radical (unpaired) electrons. The van der Waals surface area contributed by atoms with Gasteiger partial charge >= 0.3 is 0 Å². The third-order valence-electron chi connectivity index (χ3n) is 4.69. The van der Waals surface area contributed by atoms with Crippen molar-refractivity contribution in [1.29, 1.82) is 0 Å². The maximum Gasteiger partial charge on any atom is 0.277 e. The van der Waals surface area contributed by atoms with Crippen molar-refractivity contribution >= 4 is 34.7 Å². The van der Waals surface area contributed by atoms with Crippen LogP contribution in [-0.2, 0) is 15.0 Å². The maximum atomic E-state index is 13.1. The van der Waals surface area contributed by atoms with E-state index >= 15 is 0 Å². The molecule has 6 heteroatoms. The van der Waals surface area contributed by atoms with Crippen LogP contribution >= 0.6 is 11.6 Å². The minimum Gasteiger partial charge on any atom is -0.493 e. The summed E-state index contributed by atoms with van der Waals surface area (Å²) in [4.78, 5) is 26.9. The summed E-state index contributed by atoms with van der Waals surface area (Å²) in [6, 6.07) is 12.3. The van der Waals surface area contributed by atoms with Crippen LogP contribution in [0.15, 0.2) is 47.5 Å². The Balaban J connectivity index is 1.99. The van der Waals surface area contributed by atoms with E-state index in [2.05, 4.69) is 20.8 Å². The van der Waals surface area contributed by atoms with Crippen molar-refractivity contribution < 1.29 is 19.1 Å². The zero-order chi connectivity index (χ0) is 20.6. The second kappa shape index (κ2) is 7.32. The second-order valence-corrected chi connectivity index (χ2v) is 7.88. The lowest BCUT2D eigenvalue weighted by atomic mass is 9.87. The van der Waals surface area contributed by atoms with Gasteiger partial charge < -0.3 is 9.47 Å². The number of methoxy groups -OCH3 is 2. The van der Waals surface area contributed by atoms with Crippen LogP contribution in [0.1, 0.15) is 31.9 Å². The van der Waals surface area contributed by atoms with Gasteiger partial charge in [-0.1, -0.05) is 50.6 Å². The van der Waals surface area contributed by atoms with E-state index in [9.17, 15) is 9.59 Å². The van der Waals surface area contributed by atoms with E-state index in [4.69, 9.17) is 21.1 Å². The van der Waals surface area contributed by atoms with Crippen LogP contribution in [0.5, 0.6) is 11.5 Å². The van der Waals surface area contributed by atoms with Crippen molar-refractivity contribution in [3.8, 4) is 11.5 Å². The number of halogens is 1. The van der Waals surface area contributed by atoms with Crippen molar-refractivity contribution in [1.82, 2.24) is 0 Å². The minimum absolute atomic E-state index is 0.0295. The number of hydrogen-bond acceptors (Lipinski definition) is 4. The first kappa shape index (κ1) is 20.0. The molecule has 146 valence electrons. The summed E-state index contributed by atoms with van der Waals surface area (Å²) >= 11 is 6.27. The van der Waals surface area contributed by atoms with Crippen molar-refractivity contribution in [2.75, 3.05) is 19.1 Å². The van der Waals surface area contributed by atoms with Crippen LogP contribution in [0.4, 0.5) is 5.69 Å². The van der Waals surface area contributed by atoms with E-state index in [0.717, 1.165) is 10.5 Å². The smallest absolute Gasteiger partial charge is 0.277 e. The molecule has 1 aliphatic rings. The molecular weight excluding hydrogens is 378 g/mol. The predicted octanol–water partition coefficient (Wildman–Crippen LogP) is 4.52. The zero-order valence-corrected chi connectivity index (χ0v) is 17.3. The molecule has 2 aromatic rings. The Kier molecular flexibility index (Phi) is 5.22. The SMILES string of the molecule is COc1ccc(C2=C(Cl)C(=O)N(c3ccc(C(C)(C)C)cc3)C2=O)cc1OC. The van der Waals surface area contributed by atoms with E-state index in [-0.39, 0.29) is 16.0 Å². The number of anilines is 1. The van der Waals surface area contributed by atoms with Crippen molar-refractivity contribution in [3.05, 3.63) is 58.6 Å². The Morgan fingerprint density at radius 3 is 2.00 bits per heavy atom. The summed E-state index contributed by atoms with van der Waals surface area (Å²) in [5.74, 6) is -0.0368. The molecule has 28 heavy (non-hydrogen) atoms. The molecule has 1 aliphatic heterocycles. The fraction of sp³-hybridized carbons (Fsp3) is 0.273. The Hall–Kier alpha value is -2.79. The number of nitrogens with zero attached hydrogens (tertiary/aromatic N) is 1. The number of amides is 2. The van der Waals surface area contributed by atoms with Gasteiger partial charge in [0.1, 0.15) is 5.03 Å². The van der Waals surface area contributed by atoms with E-state index in [0.29, 0.717) is 22.7 Å².